The van der Waals surface area contributed by atoms with E-state index in [1.165, 1.54) is 22.0 Å². The zero-order valence-corrected chi connectivity index (χ0v) is 15.0. The lowest BCUT2D eigenvalue weighted by Gasteiger charge is -2.11. The van der Waals surface area contributed by atoms with E-state index in [1.54, 1.807) is 0 Å². The van der Waals surface area contributed by atoms with Crippen molar-refractivity contribution in [2.45, 2.75) is 26.3 Å². The molecule has 0 aliphatic heterocycles. The van der Waals surface area contributed by atoms with Gasteiger partial charge in [0, 0.05) is 49.6 Å². The Bertz CT molecular complexity index is 827. The molecule has 0 saturated heterocycles. The molecule has 0 aliphatic carbocycles. The number of aromatic nitrogens is 2. The molecule has 0 bridgehead atoms. The fourth-order valence-electron chi connectivity index (χ4n) is 2.99. The lowest BCUT2D eigenvalue weighted by molar-refractivity contribution is 0.745. The molecule has 2 heterocycles. The van der Waals surface area contributed by atoms with Crippen LogP contribution in [0.5, 0.6) is 0 Å². The summed E-state index contributed by atoms with van der Waals surface area (Å²) in [6.07, 6.45) is 8.39. The Kier molecular flexibility index (Phi) is 5.77. The van der Waals surface area contributed by atoms with Gasteiger partial charge >= 0.3 is 0 Å². The number of nitrogens with zero attached hydrogens (tertiary/aromatic N) is 2. The zero-order chi connectivity index (χ0) is 17.5. The highest BCUT2D eigenvalue weighted by Gasteiger charge is 2.03. The van der Waals surface area contributed by atoms with E-state index in [4.69, 9.17) is 0 Å². The van der Waals surface area contributed by atoms with Crippen molar-refractivity contribution >= 4 is 16.9 Å². The molecule has 0 radical (unpaired) electrons. The fraction of sp³-hybridized carbons (Fsp3) is 0.350. The van der Waals surface area contributed by atoms with Crippen LogP contribution in [0.2, 0.25) is 0 Å². The Morgan fingerprint density at radius 2 is 2.08 bits per heavy atom. The Hall–Kier alpha value is -2.69. The van der Waals surface area contributed by atoms with E-state index in [2.05, 4.69) is 70.3 Å². The van der Waals surface area contributed by atoms with E-state index in [-0.39, 0.29) is 0 Å². The van der Waals surface area contributed by atoms with Crippen molar-refractivity contribution in [3.05, 3.63) is 60.0 Å². The molecule has 5 heteroatoms. The smallest absolute Gasteiger partial charge is 0.191 e. The van der Waals surface area contributed by atoms with E-state index in [9.17, 15) is 0 Å². The van der Waals surface area contributed by atoms with E-state index in [0.717, 1.165) is 31.9 Å². The number of aryl methyl sites for hydroxylation is 2. The molecule has 0 fully saturated rings. The van der Waals surface area contributed by atoms with E-state index in [0.29, 0.717) is 6.54 Å². The third-order valence-corrected chi connectivity index (χ3v) is 4.25. The molecule has 0 unspecified atom stereocenters. The van der Waals surface area contributed by atoms with Crippen LogP contribution in [0.1, 0.15) is 24.5 Å². The standard InChI is InChI=1S/C20H27N5/c1-3-21-20(24-13-16-10-12-25(2)15-16)22-11-6-7-17-14-23-19-9-5-4-8-18(17)19/h4-5,8-10,12,14-15,23H,3,6-7,11,13H2,1-2H3,(H2,21,22,24). The van der Waals surface area contributed by atoms with Gasteiger partial charge in [0.25, 0.3) is 0 Å². The van der Waals surface area contributed by atoms with Gasteiger partial charge in [-0.25, -0.2) is 4.99 Å². The van der Waals surface area contributed by atoms with E-state index < -0.39 is 0 Å². The third-order valence-electron chi connectivity index (χ3n) is 4.25. The first-order valence-electron chi connectivity index (χ1n) is 8.94. The molecule has 0 aliphatic rings. The van der Waals surface area contributed by atoms with Crippen molar-refractivity contribution in [3.8, 4) is 0 Å². The van der Waals surface area contributed by atoms with Gasteiger partial charge in [-0.2, -0.15) is 0 Å². The summed E-state index contributed by atoms with van der Waals surface area (Å²) >= 11 is 0. The predicted octanol–water partition coefficient (Wildman–Crippen LogP) is 3.19. The number of hydrogen-bond donors (Lipinski definition) is 3. The molecule has 0 amide bonds. The summed E-state index contributed by atoms with van der Waals surface area (Å²) in [6, 6.07) is 10.6. The number of benzene rings is 1. The minimum atomic E-state index is 0.693. The first-order chi connectivity index (χ1) is 12.3. The van der Waals surface area contributed by atoms with Crippen LogP contribution in [0.3, 0.4) is 0 Å². The number of nitrogens with one attached hydrogen (secondary N) is 3. The molecule has 0 saturated carbocycles. The number of aliphatic imine (C=N–C) groups is 1. The molecule has 25 heavy (non-hydrogen) atoms. The largest absolute Gasteiger partial charge is 0.361 e. The summed E-state index contributed by atoms with van der Waals surface area (Å²) in [4.78, 5) is 8.00. The first-order valence-corrected chi connectivity index (χ1v) is 8.94. The van der Waals surface area contributed by atoms with Crippen molar-refractivity contribution in [2.75, 3.05) is 13.1 Å². The Morgan fingerprint density at radius 3 is 2.88 bits per heavy atom. The summed E-state index contributed by atoms with van der Waals surface area (Å²) in [5, 5.41) is 8.07. The van der Waals surface area contributed by atoms with Crippen LogP contribution in [-0.4, -0.2) is 28.6 Å². The number of guanidine groups is 1. The second kappa shape index (κ2) is 8.42. The predicted molar refractivity (Wildman–Crippen MR) is 105 cm³/mol. The molecule has 132 valence electrons. The average Bonchev–Trinajstić information content (AvgIpc) is 3.22. The fourth-order valence-corrected chi connectivity index (χ4v) is 2.99. The molecular weight excluding hydrogens is 310 g/mol. The number of fused-ring (bicyclic) bond motifs is 1. The Morgan fingerprint density at radius 1 is 1.20 bits per heavy atom. The van der Waals surface area contributed by atoms with Crippen LogP contribution in [-0.2, 0) is 20.0 Å². The Labute approximate surface area is 149 Å². The maximum Gasteiger partial charge on any atom is 0.191 e. The summed E-state index contributed by atoms with van der Waals surface area (Å²) in [7, 11) is 2.03. The summed E-state index contributed by atoms with van der Waals surface area (Å²) in [6.45, 7) is 4.55. The highest BCUT2D eigenvalue weighted by atomic mass is 15.2. The molecule has 3 aromatic rings. The Balaban J connectivity index is 1.49. The van der Waals surface area contributed by atoms with Gasteiger partial charge in [0.05, 0.1) is 6.54 Å². The summed E-state index contributed by atoms with van der Waals surface area (Å²) < 4.78 is 2.05. The van der Waals surface area contributed by atoms with Crippen molar-refractivity contribution in [3.63, 3.8) is 0 Å². The van der Waals surface area contributed by atoms with Crippen LogP contribution in [0.15, 0.2) is 53.9 Å². The molecule has 3 N–H and O–H groups in total. The van der Waals surface area contributed by atoms with Crippen LogP contribution < -0.4 is 10.6 Å². The van der Waals surface area contributed by atoms with E-state index >= 15 is 0 Å². The maximum atomic E-state index is 4.66. The SMILES string of the molecule is CCNC(=NCc1ccn(C)c1)NCCCc1c[nH]c2ccccc12. The van der Waals surface area contributed by atoms with Gasteiger partial charge in [-0.1, -0.05) is 18.2 Å². The summed E-state index contributed by atoms with van der Waals surface area (Å²) in [5.41, 5.74) is 3.81. The topological polar surface area (TPSA) is 57.1 Å². The number of hydrogen-bond acceptors (Lipinski definition) is 1. The number of aromatic amines is 1. The number of rotatable bonds is 7. The van der Waals surface area contributed by atoms with Crippen molar-refractivity contribution in [1.29, 1.82) is 0 Å². The van der Waals surface area contributed by atoms with Crippen molar-refractivity contribution in [2.24, 2.45) is 12.0 Å². The van der Waals surface area contributed by atoms with Gasteiger partial charge in [0.2, 0.25) is 0 Å². The molecule has 0 spiro atoms. The monoisotopic (exact) mass is 337 g/mol. The molecule has 3 rings (SSSR count). The van der Waals surface area contributed by atoms with Gasteiger partial charge in [-0.15, -0.1) is 0 Å². The first kappa shape index (κ1) is 17.1. The average molecular weight is 337 g/mol. The highest BCUT2D eigenvalue weighted by Crippen LogP contribution is 2.18. The van der Waals surface area contributed by atoms with Gasteiger partial charge in [0.15, 0.2) is 5.96 Å². The minimum absolute atomic E-state index is 0.693. The molecule has 1 aromatic carbocycles. The van der Waals surface area contributed by atoms with Crippen LogP contribution in [0, 0.1) is 0 Å². The lowest BCUT2D eigenvalue weighted by Crippen LogP contribution is -2.37. The second-order valence-electron chi connectivity index (χ2n) is 6.27. The van der Waals surface area contributed by atoms with Gasteiger partial charge in [-0.05, 0) is 43.0 Å². The van der Waals surface area contributed by atoms with Crippen molar-refractivity contribution in [1.82, 2.24) is 20.2 Å². The van der Waals surface area contributed by atoms with Gasteiger partial charge < -0.3 is 20.2 Å². The molecule has 2 aromatic heterocycles. The van der Waals surface area contributed by atoms with Gasteiger partial charge in [0.1, 0.15) is 0 Å². The molecule has 0 atom stereocenters. The highest BCUT2D eigenvalue weighted by molar-refractivity contribution is 5.83. The molecular formula is C20H27N5. The zero-order valence-electron chi connectivity index (χ0n) is 15.0. The van der Waals surface area contributed by atoms with Crippen molar-refractivity contribution < 1.29 is 0 Å². The second-order valence-corrected chi connectivity index (χ2v) is 6.27. The number of H-pyrrole nitrogens is 1. The van der Waals surface area contributed by atoms with Gasteiger partial charge in [-0.3, -0.25) is 0 Å². The normalized spacial score (nSPS) is 11.8. The van der Waals surface area contributed by atoms with Crippen LogP contribution >= 0.6 is 0 Å². The van der Waals surface area contributed by atoms with Crippen LogP contribution in [0.25, 0.3) is 10.9 Å². The molecule has 5 nitrogen and oxygen atoms in total. The quantitative estimate of drug-likeness (QED) is 0.352. The lowest BCUT2D eigenvalue weighted by atomic mass is 10.1. The minimum Gasteiger partial charge on any atom is -0.361 e. The van der Waals surface area contributed by atoms with E-state index in [1.807, 2.05) is 17.8 Å². The van der Waals surface area contributed by atoms with Crippen LogP contribution in [0.4, 0.5) is 0 Å². The maximum absolute atomic E-state index is 4.66. The third kappa shape index (κ3) is 4.66. The summed E-state index contributed by atoms with van der Waals surface area (Å²) in [5.74, 6) is 0.880. The number of para-hydroxylation sites is 1.